The Balaban J connectivity index is 1.54. The van der Waals surface area contributed by atoms with Gasteiger partial charge in [0.05, 0.1) is 5.52 Å². The van der Waals surface area contributed by atoms with Crippen molar-refractivity contribution >= 4 is 22.7 Å². The second-order valence-electron chi connectivity index (χ2n) is 5.76. The van der Waals surface area contributed by atoms with E-state index in [9.17, 15) is 9.59 Å². The second-order valence-corrected chi connectivity index (χ2v) is 5.76. The molecule has 2 aromatic rings. The first-order valence-electron chi connectivity index (χ1n) is 7.88. The molecule has 7 nitrogen and oxygen atoms in total. The number of hydrogen-bond donors (Lipinski definition) is 3. The molecule has 23 heavy (non-hydrogen) atoms. The van der Waals surface area contributed by atoms with Crippen molar-refractivity contribution in [1.82, 2.24) is 25.7 Å². The van der Waals surface area contributed by atoms with Gasteiger partial charge in [0.1, 0.15) is 0 Å². The standard InChI is InChI=1S/C16H21N5O2/c1-11-10-17-8-9-21(11)14(22)6-7-18-16(23)15-12-4-2-3-5-13(12)19-20-15/h2-5,11,17H,6-10H2,1H3,(H,18,23)(H,19,20). The van der Waals surface area contributed by atoms with Gasteiger partial charge in [0.15, 0.2) is 5.69 Å². The maximum Gasteiger partial charge on any atom is 0.272 e. The molecule has 2 amide bonds. The van der Waals surface area contributed by atoms with Crippen LogP contribution in [0.2, 0.25) is 0 Å². The highest BCUT2D eigenvalue weighted by atomic mass is 16.2. The molecule has 122 valence electrons. The van der Waals surface area contributed by atoms with Crippen molar-refractivity contribution in [3.63, 3.8) is 0 Å². The van der Waals surface area contributed by atoms with Crippen molar-refractivity contribution in [3.8, 4) is 0 Å². The molecule has 0 aliphatic carbocycles. The molecule has 1 aromatic carbocycles. The molecule has 0 spiro atoms. The van der Waals surface area contributed by atoms with Crippen molar-refractivity contribution in [2.75, 3.05) is 26.2 Å². The van der Waals surface area contributed by atoms with E-state index in [2.05, 4.69) is 20.8 Å². The molecule has 0 bridgehead atoms. The van der Waals surface area contributed by atoms with Crippen molar-refractivity contribution in [3.05, 3.63) is 30.0 Å². The van der Waals surface area contributed by atoms with Gasteiger partial charge in [0.2, 0.25) is 5.91 Å². The van der Waals surface area contributed by atoms with Crippen LogP contribution in [0.1, 0.15) is 23.8 Å². The lowest BCUT2D eigenvalue weighted by Gasteiger charge is -2.34. The maximum absolute atomic E-state index is 12.2. The van der Waals surface area contributed by atoms with Crippen molar-refractivity contribution in [1.29, 1.82) is 0 Å². The number of carbonyl (C=O) groups is 2. The molecule has 1 saturated heterocycles. The number of nitrogens with zero attached hydrogens (tertiary/aromatic N) is 2. The Kier molecular flexibility index (Phi) is 4.57. The Morgan fingerprint density at radius 1 is 1.39 bits per heavy atom. The number of rotatable bonds is 4. The normalized spacial score (nSPS) is 18.1. The highest BCUT2D eigenvalue weighted by Gasteiger charge is 2.22. The molecule has 7 heteroatoms. The number of para-hydroxylation sites is 1. The van der Waals surface area contributed by atoms with E-state index in [4.69, 9.17) is 0 Å². The van der Waals surface area contributed by atoms with Gasteiger partial charge in [-0.2, -0.15) is 5.10 Å². The summed E-state index contributed by atoms with van der Waals surface area (Å²) in [6, 6.07) is 7.66. The first-order valence-corrected chi connectivity index (χ1v) is 7.88. The molecule has 1 aliphatic heterocycles. The van der Waals surface area contributed by atoms with Crippen LogP contribution < -0.4 is 10.6 Å². The third-order valence-electron chi connectivity index (χ3n) is 4.13. The molecule has 3 rings (SSSR count). The molecular weight excluding hydrogens is 294 g/mol. The van der Waals surface area contributed by atoms with Gasteiger partial charge in [0, 0.05) is 44.0 Å². The Hall–Kier alpha value is -2.41. The average Bonchev–Trinajstić information content (AvgIpc) is 2.99. The van der Waals surface area contributed by atoms with E-state index in [0.717, 1.165) is 30.5 Å². The summed E-state index contributed by atoms with van der Waals surface area (Å²) in [7, 11) is 0. The Morgan fingerprint density at radius 3 is 3.04 bits per heavy atom. The minimum Gasteiger partial charge on any atom is -0.350 e. The highest BCUT2D eigenvalue weighted by molar-refractivity contribution is 6.04. The van der Waals surface area contributed by atoms with Crippen LogP contribution in [0.3, 0.4) is 0 Å². The van der Waals surface area contributed by atoms with Crippen molar-refractivity contribution in [2.24, 2.45) is 0 Å². The van der Waals surface area contributed by atoms with Crippen LogP contribution >= 0.6 is 0 Å². The molecule has 2 heterocycles. The number of H-pyrrole nitrogens is 1. The molecule has 1 aliphatic rings. The van der Waals surface area contributed by atoms with Gasteiger partial charge < -0.3 is 15.5 Å². The fourth-order valence-electron chi connectivity index (χ4n) is 2.86. The number of benzene rings is 1. The van der Waals surface area contributed by atoms with Crippen LogP contribution in [0.15, 0.2) is 24.3 Å². The van der Waals surface area contributed by atoms with Gasteiger partial charge in [-0.3, -0.25) is 14.7 Å². The van der Waals surface area contributed by atoms with Gasteiger partial charge in [-0.25, -0.2) is 0 Å². The fraction of sp³-hybridized carbons (Fsp3) is 0.438. The van der Waals surface area contributed by atoms with E-state index in [1.807, 2.05) is 36.1 Å². The lowest BCUT2D eigenvalue weighted by molar-refractivity contribution is -0.133. The van der Waals surface area contributed by atoms with Crippen molar-refractivity contribution in [2.45, 2.75) is 19.4 Å². The molecule has 1 atom stereocenters. The molecule has 1 unspecified atom stereocenters. The number of nitrogens with one attached hydrogen (secondary N) is 3. The van der Waals surface area contributed by atoms with E-state index in [-0.39, 0.29) is 17.9 Å². The molecule has 0 radical (unpaired) electrons. The van der Waals surface area contributed by atoms with E-state index >= 15 is 0 Å². The smallest absolute Gasteiger partial charge is 0.272 e. The predicted octanol–water partition coefficient (Wildman–Crippen LogP) is 0.503. The summed E-state index contributed by atoms with van der Waals surface area (Å²) in [6.07, 6.45) is 0.304. The average molecular weight is 315 g/mol. The summed E-state index contributed by atoms with van der Waals surface area (Å²) in [6.45, 7) is 4.70. The molecule has 1 aromatic heterocycles. The minimum absolute atomic E-state index is 0.0752. The lowest BCUT2D eigenvalue weighted by Crippen LogP contribution is -2.52. The summed E-state index contributed by atoms with van der Waals surface area (Å²) < 4.78 is 0. The zero-order chi connectivity index (χ0) is 16.2. The van der Waals surface area contributed by atoms with Gasteiger partial charge >= 0.3 is 0 Å². The van der Waals surface area contributed by atoms with E-state index in [0.29, 0.717) is 18.7 Å². The van der Waals surface area contributed by atoms with Crippen LogP contribution in [0, 0.1) is 0 Å². The number of hydrogen-bond acceptors (Lipinski definition) is 4. The number of fused-ring (bicyclic) bond motifs is 1. The van der Waals surface area contributed by atoms with Gasteiger partial charge in [0.25, 0.3) is 5.91 Å². The quantitative estimate of drug-likeness (QED) is 0.766. The van der Waals surface area contributed by atoms with Crippen LogP contribution in [-0.2, 0) is 4.79 Å². The van der Waals surface area contributed by atoms with Crippen LogP contribution in [-0.4, -0.2) is 59.1 Å². The Labute approximate surface area is 134 Å². The number of aromatic nitrogens is 2. The first kappa shape index (κ1) is 15.5. The van der Waals surface area contributed by atoms with Gasteiger partial charge in [-0.1, -0.05) is 18.2 Å². The minimum atomic E-state index is -0.261. The number of amides is 2. The van der Waals surface area contributed by atoms with Crippen LogP contribution in [0.25, 0.3) is 10.9 Å². The van der Waals surface area contributed by atoms with Crippen LogP contribution in [0.4, 0.5) is 0 Å². The van der Waals surface area contributed by atoms with E-state index in [1.165, 1.54) is 0 Å². The third-order valence-corrected chi connectivity index (χ3v) is 4.13. The number of carbonyl (C=O) groups excluding carboxylic acids is 2. The van der Waals surface area contributed by atoms with Crippen LogP contribution in [0.5, 0.6) is 0 Å². The predicted molar refractivity (Wildman–Crippen MR) is 87.1 cm³/mol. The molecule has 1 fully saturated rings. The van der Waals surface area contributed by atoms with E-state index in [1.54, 1.807) is 0 Å². The highest BCUT2D eigenvalue weighted by Crippen LogP contribution is 2.14. The van der Waals surface area contributed by atoms with Gasteiger partial charge in [-0.15, -0.1) is 0 Å². The number of aromatic amines is 1. The second kappa shape index (κ2) is 6.78. The van der Waals surface area contributed by atoms with Crippen molar-refractivity contribution < 1.29 is 9.59 Å². The molecular formula is C16H21N5O2. The summed E-state index contributed by atoms with van der Waals surface area (Å²) in [5, 5.41) is 13.7. The largest absolute Gasteiger partial charge is 0.350 e. The molecule has 3 N–H and O–H groups in total. The Bertz CT molecular complexity index is 711. The summed E-state index contributed by atoms with van der Waals surface area (Å²) in [4.78, 5) is 26.3. The SMILES string of the molecule is CC1CNCCN1C(=O)CCNC(=O)c1n[nH]c2ccccc12. The monoisotopic (exact) mass is 315 g/mol. The fourth-order valence-corrected chi connectivity index (χ4v) is 2.86. The number of piperazine rings is 1. The summed E-state index contributed by atoms with van der Waals surface area (Å²) >= 11 is 0. The zero-order valence-corrected chi connectivity index (χ0v) is 13.1. The summed E-state index contributed by atoms with van der Waals surface area (Å²) in [5.41, 5.74) is 1.19. The lowest BCUT2D eigenvalue weighted by atomic mass is 10.2. The maximum atomic E-state index is 12.2. The third kappa shape index (κ3) is 3.34. The topological polar surface area (TPSA) is 90.1 Å². The summed E-state index contributed by atoms with van der Waals surface area (Å²) in [5.74, 6) is -0.185. The first-order chi connectivity index (χ1) is 11.2. The van der Waals surface area contributed by atoms with E-state index < -0.39 is 0 Å². The Morgan fingerprint density at radius 2 is 2.22 bits per heavy atom. The molecule has 0 saturated carbocycles. The van der Waals surface area contributed by atoms with Gasteiger partial charge in [-0.05, 0) is 13.0 Å². The zero-order valence-electron chi connectivity index (χ0n) is 13.1.